The van der Waals surface area contributed by atoms with Gasteiger partial charge < -0.3 is 10.4 Å². The molecule has 2 aliphatic rings. The summed E-state index contributed by atoms with van der Waals surface area (Å²) in [5.41, 5.74) is 0.962. The van der Waals surface area contributed by atoms with Crippen molar-refractivity contribution in [1.82, 2.24) is 10.3 Å². The number of fused-ring (bicyclic) bond motifs is 2. The van der Waals surface area contributed by atoms with Gasteiger partial charge in [-0.15, -0.1) is 0 Å². The number of amides is 1. The van der Waals surface area contributed by atoms with Crippen LogP contribution >= 0.6 is 0 Å². The number of nitrogens with one attached hydrogen (secondary N) is 1. The highest BCUT2D eigenvalue weighted by Gasteiger charge is 2.51. The number of carbonyl (C=O) groups is 2. The van der Waals surface area contributed by atoms with Crippen molar-refractivity contribution in [2.45, 2.75) is 19.4 Å². The molecule has 5 nitrogen and oxygen atoms in total. The summed E-state index contributed by atoms with van der Waals surface area (Å²) in [6, 6.07) is 3.54. The Morgan fingerprint density at radius 1 is 1.24 bits per heavy atom. The maximum Gasteiger partial charge on any atom is 0.307 e. The van der Waals surface area contributed by atoms with E-state index in [2.05, 4.69) is 10.3 Å². The van der Waals surface area contributed by atoms with Gasteiger partial charge in [0.2, 0.25) is 5.91 Å². The first-order valence-corrected chi connectivity index (χ1v) is 7.19. The molecule has 2 aliphatic carbocycles. The van der Waals surface area contributed by atoms with Crippen molar-refractivity contribution in [3.8, 4) is 0 Å². The van der Waals surface area contributed by atoms with E-state index >= 15 is 0 Å². The van der Waals surface area contributed by atoms with Gasteiger partial charge in [-0.05, 0) is 42.9 Å². The number of rotatable bonds is 4. The van der Waals surface area contributed by atoms with Crippen molar-refractivity contribution in [2.24, 2.45) is 23.7 Å². The van der Waals surface area contributed by atoms with Crippen LogP contribution in [0.15, 0.2) is 36.7 Å². The van der Waals surface area contributed by atoms with Gasteiger partial charge in [-0.2, -0.15) is 0 Å². The van der Waals surface area contributed by atoms with Gasteiger partial charge >= 0.3 is 5.97 Å². The Balaban J connectivity index is 1.73. The van der Waals surface area contributed by atoms with Crippen LogP contribution in [0.4, 0.5) is 0 Å². The molecule has 2 N–H and O–H groups in total. The van der Waals surface area contributed by atoms with Crippen LogP contribution in [0.3, 0.4) is 0 Å². The molecule has 1 amide bonds. The van der Waals surface area contributed by atoms with Gasteiger partial charge in [-0.25, -0.2) is 0 Å². The van der Waals surface area contributed by atoms with E-state index in [1.807, 2.05) is 31.2 Å². The number of allylic oxidation sites excluding steroid dienone is 2. The summed E-state index contributed by atoms with van der Waals surface area (Å²) in [7, 11) is 0. The lowest BCUT2D eigenvalue weighted by molar-refractivity contribution is -0.148. The van der Waals surface area contributed by atoms with Crippen LogP contribution in [0.5, 0.6) is 0 Å². The first-order valence-electron chi connectivity index (χ1n) is 7.19. The van der Waals surface area contributed by atoms with E-state index in [0.29, 0.717) is 0 Å². The highest BCUT2D eigenvalue weighted by Crippen LogP contribution is 2.48. The van der Waals surface area contributed by atoms with Gasteiger partial charge in [0.1, 0.15) is 0 Å². The van der Waals surface area contributed by atoms with Gasteiger partial charge in [0, 0.05) is 12.4 Å². The van der Waals surface area contributed by atoms with Crippen LogP contribution in [-0.4, -0.2) is 22.0 Å². The van der Waals surface area contributed by atoms with Gasteiger partial charge in [0.05, 0.1) is 17.9 Å². The van der Waals surface area contributed by atoms with E-state index in [9.17, 15) is 14.7 Å². The number of carboxylic acids is 1. The molecular formula is C16H18N2O3. The van der Waals surface area contributed by atoms with Crippen molar-refractivity contribution in [3.63, 3.8) is 0 Å². The summed E-state index contributed by atoms with van der Waals surface area (Å²) in [5.74, 6) is -2.03. The average molecular weight is 286 g/mol. The zero-order valence-corrected chi connectivity index (χ0v) is 11.8. The number of carbonyl (C=O) groups excluding carboxylic acids is 1. The van der Waals surface area contributed by atoms with Gasteiger partial charge in [0.25, 0.3) is 0 Å². The number of nitrogens with zero attached hydrogens (tertiary/aromatic N) is 1. The molecule has 1 fully saturated rings. The Labute approximate surface area is 123 Å². The third-order valence-electron chi connectivity index (χ3n) is 4.61. The monoisotopic (exact) mass is 286 g/mol. The molecular weight excluding hydrogens is 268 g/mol. The highest BCUT2D eigenvalue weighted by atomic mass is 16.4. The van der Waals surface area contributed by atoms with E-state index in [1.165, 1.54) is 0 Å². The summed E-state index contributed by atoms with van der Waals surface area (Å²) in [6.07, 6.45) is 8.07. The zero-order chi connectivity index (χ0) is 15.0. The Morgan fingerprint density at radius 2 is 1.86 bits per heavy atom. The molecule has 0 aromatic carbocycles. The molecule has 3 rings (SSSR count). The summed E-state index contributed by atoms with van der Waals surface area (Å²) in [4.78, 5) is 27.9. The van der Waals surface area contributed by atoms with Crippen molar-refractivity contribution in [1.29, 1.82) is 0 Å². The maximum absolute atomic E-state index is 12.5. The molecule has 5 atom stereocenters. The average Bonchev–Trinajstić information content (AvgIpc) is 3.08. The largest absolute Gasteiger partial charge is 0.481 e. The molecule has 110 valence electrons. The van der Waals surface area contributed by atoms with Crippen LogP contribution in [-0.2, 0) is 9.59 Å². The van der Waals surface area contributed by atoms with Crippen molar-refractivity contribution in [2.75, 3.05) is 0 Å². The fourth-order valence-electron chi connectivity index (χ4n) is 3.56. The molecule has 1 aromatic heterocycles. The van der Waals surface area contributed by atoms with Crippen LogP contribution in [0, 0.1) is 23.7 Å². The standard InChI is InChI=1S/C16H18N2O3/c1-9(10-4-6-17-7-5-10)18-15(19)13-11-2-3-12(8-11)14(13)16(20)21/h2-7,9,11-14H,8H2,1H3,(H,18,19)(H,20,21)/t9-,11?,12?,13?,14?/m0/s1. The summed E-state index contributed by atoms with van der Waals surface area (Å²) in [6.45, 7) is 1.89. The molecule has 1 aromatic rings. The minimum Gasteiger partial charge on any atom is -0.481 e. The van der Waals surface area contributed by atoms with Crippen molar-refractivity contribution >= 4 is 11.9 Å². The van der Waals surface area contributed by atoms with E-state index in [1.54, 1.807) is 12.4 Å². The number of pyridine rings is 1. The Kier molecular flexibility index (Phi) is 3.49. The van der Waals surface area contributed by atoms with Crippen molar-refractivity contribution in [3.05, 3.63) is 42.2 Å². The maximum atomic E-state index is 12.5. The summed E-state index contributed by atoms with van der Waals surface area (Å²) >= 11 is 0. The van der Waals surface area contributed by atoms with Gasteiger partial charge in [0.15, 0.2) is 0 Å². The molecule has 5 heteroatoms. The molecule has 4 unspecified atom stereocenters. The molecule has 0 spiro atoms. The van der Waals surface area contributed by atoms with Crippen molar-refractivity contribution < 1.29 is 14.7 Å². The Bertz CT molecular complexity index is 584. The fraction of sp³-hybridized carbons (Fsp3) is 0.438. The first kappa shape index (κ1) is 13.8. The predicted octanol–water partition coefficient (Wildman–Crippen LogP) is 1.78. The summed E-state index contributed by atoms with van der Waals surface area (Å²) < 4.78 is 0. The first-order chi connectivity index (χ1) is 10.1. The topological polar surface area (TPSA) is 79.3 Å². The van der Waals surface area contributed by atoms with E-state index in [0.717, 1.165) is 12.0 Å². The Hall–Kier alpha value is -2.17. The lowest BCUT2D eigenvalue weighted by atomic mass is 9.82. The Morgan fingerprint density at radius 3 is 2.48 bits per heavy atom. The van der Waals surface area contributed by atoms with E-state index in [4.69, 9.17) is 0 Å². The number of aromatic nitrogens is 1. The van der Waals surface area contributed by atoms with E-state index < -0.39 is 17.8 Å². The highest BCUT2D eigenvalue weighted by molar-refractivity contribution is 5.87. The molecule has 21 heavy (non-hydrogen) atoms. The SMILES string of the molecule is C[C@H](NC(=O)C1C2C=CC(C2)C1C(=O)O)c1ccncc1. The van der Waals surface area contributed by atoms with Crippen LogP contribution < -0.4 is 5.32 Å². The minimum absolute atomic E-state index is 0.000480. The number of hydrogen-bond acceptors (Lipinski definition) is 3. The second-order valence-corrected chi connectivity index (χ2v) is 5.85. The zero-order valence-electron chi connectivity index (χ0n) is 11.8. The van der Waals surface area contributed by atoms with E-state index in [-0.39, 0.29) is 23.8 Å². The van der Waals surface area contributed by atoms with Crippen LogP contribution in [0.1, 0.15) is 24.9 Å². The van der Waals surface area contributed by atoms with Gasteiger partial charge in [-0.1, -0.05) is 12.2 Å². The normalized spacial score (nSPS) is 31.1. The van der Waals surface area contributed by atoms with Gasteiger partial charge in [-0.3, -0.25) is 14.6 Å². The third-order valence-corrected chi connectivity index (χ3v) is 4.61. The molecule has 0 saturated heterocycles. The fourth-order valence-corrected chi connectivity index (χ4v) is 3.56. The molecule has 2 bridgehead atoms. The number of hydrogen-bond donors (Lipinski definition) is 2. The minimum atomic E-state index is -0.872. The lowest BCUT2D eigenvalue weighted by Crippen LogP contribution is -2.41. The molecule has 0 aliphatic heterocycles. The molecule has 0 radical (unpaired) electrons. The molecule has 1 saturated carbocycles. The summed E-state index contributed by atoms with van der Waals surface area (Å²) in [5, 5.41) is 12.3. The lowest BCUT2D eigenvalue weighted by Gasteiger charge is -2.25. The van der Waals surface area contributed by atoms with Crippen LogP contribution in [0.25, 0.3) is 0 Å². The van der Waals surface area contributed by atoms with Crippen LogP contribution in [0.2, 0.25) is 0 Å². The second-order valence-electron chi connectivity index (χ2n) is 5.85. The third kappa shape index (κ3) is 2.44. The quantitative estimate of drug-likeness (QED) is 0.827. The number of aliphatic carboxylic acids is 1. The predicted molar refractivity (Wildman–Crippen MR) is 76.1 cm³/mol. The molecule has 1 heterocycles. The smallest absolute Gasteiger partial charge is 0.307 e. The number of carboxylic acid groups (broad SMARTS) is 1. The second kappa shape index (κ2) is 5.31.